The number of hydrogen-bond donors (Lipinski definition) is 0. The zero-order valence-electron chi connectivity index (χ0n) is 18.0. The Hall–Kier alpha value is -2.49. The Kier molecular flexibility index (Phi) is 6.54. The van der Waals surface area contributed by atoms with E-state index in [2.05, 4.69) is 134 Å². The topological polar surface area (TPSA) is 14.1 Å². The van der Waals surface area contributed by atoms with Gasteiger partial charge in [-0.2, -0.15) is 0 Å². The predicted molar refractivity (Wildman–Crippen MR) is 138 cm³/mol. The Morgan fingerprint density at radius 3 is 1.61 bits per heavy atom. The standard InChI is InChI=1S/C28H25BrNS/c1-28(2,3)22-18-25(20-10-6-4-7-11-20)27(26(19-22)21-12-8-5-9-13-21)30-31-24-16-14-23(29)15-17-24/h4-19H,1-3H3. The van der Waals surface area contributed by atoms with E-state index in [4.69, 9.17) is 4.72 Å². The molecule has 4 aromatic rings. The molecule has 0 atom stereocenters. The lowest BCUT2D eigenvalue weighted by atomic mass is 9.82. The summed E-state index contributed by atoms with van der Waals surface area (Å²) in [6.45, 7) is 6.79. The molecule has 0 heterocycles. The average Bonchev–Trinajstić information content (AvgIpc) is 2.79. The summed E-state index contributed by atoms with van der Waals surface area (Å²) >= 11 is 5.03. The molecule has 0 aromatic heterocycles. The van der Waals surface area contributed by atoms with Crippen molar-refractivity contribution in [2.75, 3.05) is 0 Å². The predicted octanol–water partition coefficient (Wildman–Crippen LogP) is 9.02. The van der Waals surface area contributed by atoms with Crippen LogP contribution in [0.4, 0.5) is 5.69 Å². The fourth-order valence-electron chi connectivity index (χ4n) is 3.44. The van der Waals surface area contributed by atoms with Gasteiger partial charge in [-0.05, 0) is 58.5 Å². The van der Waals surface area contributed by atoms with Gasteiger partial charge in [0, 0.05) is 32.4 Å². The quantitative estimate of drug-likeness (QED) is 0.256. The van der Waals surface area contributed by atoms with Crippen molar-refractivity contribution in [3.8, 4) is 22.3 Å². The summed E-state index contributed by atoms with van der Waals surface area (Å²) < 4.78 is 6.15. The normalized spacial score (nSPS) is 11.4. The third kappa shape index (κ3) is 5.23. The number of benzene rings is 4. The van der Waals surface area contributed by atoms with Gasteiger partial charge in [0.05, 0.1) is 5.69 Å². The van der Waals surface area contributed by atoms with Crippen LogP contribution in [0.1, 0.15) is 26.3 Å². The summed E-state index contributed by atoms with van der Waals surface area (Å²) in [4.78, 5) is 1.11. The van der Waals surface area contributed by atoms with Gasteiger partial charge in [-0.15, -0.1) is 0 Å². The van der Waals surface area contributed by atoms with Gasteiger partial charge < -0.3 is 0 Å². The second-order valence-electron chi connectivity index (χ2n) is 8.54. The molecule has 0 spiro atoms. The third-order valence-corrected chi connectivity index (χ3v) is 6.49. The lowest BCUT2D eigenvalue weighted by molar-refractivity contribution is 0.591. The van der Waals surface area contributed by atoms with Crippen LogP contribution in [0.5, 0.6) is 0 Å². The Morgan fingerprint density at radius 2 is 1.16 bits per heavy atom. The van der Waals surface area contributed by atoms with Gasteiger partial charge in [0.15, 0.2) is 0 Å². The van der Waals surface area contributed by atoms with Gasteiger partial charge in [-0.3, -0.25) is 0 Å². The minimum absolute atomic E-state index is 0.0322. The minimum atomic E-state index is 0.0322. The monoisotopic (exact) mass is 486 g/mol. The van der Waals surface area contributed by atoms with Gasteiger partial charge in [0.1, 0.15) is 0 Å². The van der Waals surface area contributed by atoms with Crippen LogP contribution < -0.4 is 4.72 Å². The summed E-state index contributed by atoms with van der Waals surface area (Å²) in [6.07, 6.45) is 0. The fraction of sp³-hybridized carbons (Fsp3) is 0.143. The smallest absolute Gasteiger partial charge is 0.0874 e. The van der Waals surface area contributed by atoms with Crippen molar-refractivity contribution < 1.29 is 0 Å². The first-order valence-corrected chi connectivity index (χ1v) is 11.9. The van der Waals surface area contributed by atoms with Crippen LogP contribution in [0.25, 0.3) is 22.3 Å². The number of rotatable bonds is 5. The van der Waals surface area contributed by atoms with E-state index in [0.29, 0.717) is 0 Å². The fourth-order valence-corrected chi connectivity index (χ4v) is 4.35. The molecule has 1 nitrogen and oxygen atoms in total. The molecule has 0 unspecified atom stereocenters. The average molecular weight is 487 g/mol. The summed E-state index contributed by atoms with van der Waals surface area (Å²) in [5.41, 5.74) is 7.04. The van der Waals surface area contributed by atoms with Crippen molar-refractivity contribution in [1.29, 1.82) is 0 Å². The van der Waals surface area contributed by atoms with E-state index in [0.717, 1.165) is 26.2 Å². The summed E-state index contributed by atoms with van der Waals surface area (Å²) in [5.74, 6) is 0. The molecular weight excluding hydrogens is 462 g/mol. The molecule has 0 saturated carbocycles. The molecule has 1 radical (unpaired) electrons. The molecule has 4 rings (SSSR count). The Balaban J connectivity index is 1.89. The van der Waals surface area contributed by atoms with Crippen LogP contribution in [0.2, 0.25) is 0 Å². The van der Waals surface area contributed by atoms with Crippen LogP contribution in [-0.2, 0) is 5.41 Å². The van der Waals surface area contributed by atoms with Crippen molar-refractivity contribution in [2.45, 2.75) is 31.1 Å². The van der Waals surface area contributed by atoms with Gasteiger partial charge in [0.2, 0.25) is 0 Å². The van der Waals surface area contributed by atoms with Crippen molar-refractivity contribution in [2.24, 2.45) is 0 Å². The van der Waals surface area contributed by atoms with E-state index < -0.39 is 0 Å². The largest absolute Gasteiger partial charge is 0.210 e. The maximum atomic E-state index is 5.08. The van der Waals surface area contributed by atoms with Crippen molar-refractivity contribution >= 4 is 33.6 Å². The Morgan fingerprint density at radius 1 is 0.677 bits per heavy atom. The minimum Gasteiger partial charge on any atom is -0.210 e. The first kappa shape index (κ1) is 21.7. The molecule has 0 aliphatic carbocycles. The molecule has 0 aliphatic heterocycles. The highest BCUT2D eigenvalue weighted by atomic mass is 79.9. The Bertz CT molecular complexity index is 1090. The maximum absolute atomic E-state index is 5.08. The molecule has 4 aromatic carbocycles. The van der Waals surface area contributed by atoms with E-state index in [-0.39, 0.29) is 5.41 Å². The maximum Gasteiger partial charge on any atom is 0.0874 e. The number of hydrogen-bond acceptors (Lipinski definition) is 1. The van der Waals surface area contributed by atoms with E-state index in [1.54, 1.807) is 0 Å². The molecule has 0 N–H and O–H groups in total. The Labute approximate surface area is 198 Å². The van der Waals surface area contributed by atoms with Gasteiger partial charge in [0.25, 0.3) is 0 Å². The SMILES string of the molecule is CC(C)(C)c1cc(-c2ccccc2)c([N]Sc2ccc(Br)cc2)c(-c2ccccc2)c1. The molecule has 0 amide bonds. The molecule has 0 saturated heterocycles. The van der Waals surface area contributed by atoms with E-state index in [1.807, 2.05) is 0 Å². The highest BCUT2D eigenvalue weighted by Gasteiger charge is 2.21. The first-order chi connectivity index (χ1) is 14.9. The molecule has 0 fully saturated rings. The van der Waals surface area contributed by atoms with Crippen molar-refractivity contribution in [3.63, 3.8) is 0 Å². The van der Waals surface area contributed by atoms with Crippen molar-refractivity contribution in [3.05, 3.63) is 107 Å². The highest BCUT2D eigenvalue weighted by Crippen LogP contribution is 2.43. The summed E-state index contributed by atoms with van der Waals surface area (Å²) in [7, 11) is 0. The van der Waals surface area contributed by atoms with Crippen LogP contribution in [0.15, 0.2) is 106 Å². The first-order valence-electron chi connectivity index (χ1n) is 10.3. The lowest BCUT2D eigenvalue weighted by Crippen LogP contribution is -2.12. The molecule has 3 heteroatoms. The number of halogens is 1. The van der Waals surface area contributed by atoms with Crippen LogP contribution in [0.3, 0.4) is 0 Å². The van der Waals surface area contributed by atoms with Crippen LogP contribution in [0, 0.1) is 0 Å². The van der Waals surface area contributed by atoms with Gasteiger partial charge in [-0.1, -0.05) is 97.4 Å². The third-order valence-electron chi connectivity index (χ3n) is 5.20. The molecule has 0 aliphatic rings. The number of nitrogens with zero attached hydrogens (tertiary/aromatic N) is 1. The summed E-state index contributed by atoms with van der Waals surface area (Å²) in [6, 6.07) is 34.0. The van der Waals surface area contributed by atoms with E-state index >= 15 is 0 Å². The van der Waals surface area contributed by atoms with Crippen LogP contribution >= 0.6 is 27.9 Å². The van der Waals surface area contributed by atoms with Gasteiger partial charge in [-0.25, -0.2) is 4.72 Å². The zero-order chi connectivity index (χ0) is 21.8. The summed E-state index contributed by atoms with van der Waals surface area (Å²) in [5, 5.41) is 0. The second-order valence-corrected chi connectivity index (χ2v) is 10.3. The molecule has 155 valence electrons. The molecule has 31 heavy (non-hydrogen) atoms. The van der Waals surface area contributed by atoms with Crippen LogP contribution in [-0.4, -0.2) is 0 Å². The second kappa shape index (κ2) is 9.33. The van der Waals surface area contributed by atoms with Crippen molar-refractivity contribution in [1.82, 2.24) is 4.72 Å². The van der Waals surface area contributed by atoms with E-state index in [9.17, 15) is 0 Å². The lowest BCUT2D eigenvalue weighted by Gasteiger charge is -2.24. The molecular formula is C28H25BrNS. The van der Waals surface area contributed by atoms with E-state index in [1.165, 1.54) is 28.6 Å². The zero-order valence-corrected chi connectivity index (χ0v) is 20.4. The molecule has 0 bridgehead atoms. The van der Waals surface area contributed by atoms with Gasteiger partial charge >= 0.3 is 0 Å². The highest BCUT2D eigenvalue weighted by molar-refractivity contribution is 9.10.